The van der Waals surface area contributed by atoms with Gasteiger partial charge in [-0.3, -0.25) is 9.67 Å². The molecular weight excluding hydrogens is 398 g/mol. The Morgan fingerprint density at radius 1 is 1.19 bits per heavy atom. The van der Waals surface area contributed by atoms with Crippen molar-refractivity contribution in [2.24, 2.45) is 0 Å². The van der Waals surface area contributed by atoms with Gasteiger partial charge in [-0.1, -0.05) is 5.21 Å². The quantitative estimate of drug-likeness (QED) is 0.455. The zero-order valence-electron chi connectivity index (χ0n) is 17.1. The first kappa shape index (κ1) is 19.5. The van der Waals surface area contributed by atoms with Gasteiger partial charge >= 0.3 is 0 Å². The summed E-state index contributed by atoms with van der Waals surface area (Å²) in [5, 5.41) is 25.7. The van der Waals surface area contributed by atoms with E-state index in [2.05, 4.69) is 35.7 Å². The number of aromatic nitrogens is 8. The average Bonchev–Trinajstić information content (AvgIpc) is 3.52. The molecule has 0 aromatic carbocycles. The van der Waals surface area contributed by atoms with Crippen molar-refractivity contribution in [3.05, 3.63) is 36.9 Å². The van der Waals surface area contributed by atoms with Crippen molar-refractivity contribution >= 4 is 17.1 Å². The summed E-state index contributed by atoms with van der Waals surface area (Å²) in [6.07, 6.45) is 9.24. The van der Waals surface area contributed by atoms with Crippen LogP contribution in [-0.2, 0) is 11.3 Å². The number of rotatable bonds is 7. The maximum absolute atomic E-state index is 9.73. The number of anilines is 1. The van der Waals surface area contributed by atoms with Crippen molar-refractivity contribution in [3.63, 3.8) is 0 Å². The molecule has 0 radical (unpaired) electrons. The van der Waals surface area contributed by atoms with Crippen LogP contribution in [0, 0.1) is 0 Å². The zero-order valence-corrected chi connectivity index (χ0v) is 17.1. The zero-order chi connectivity index (χ0) is 21.2. The number of pyridine rings is 1. The normalized spacial score (nSPS) is 18.6. The molecule has 4 aromatic rings. The van der Waals surface area contributed by atoms with Crippen LogP contribution in [0.2, 0.25) is 0 Å². The number of hydrogen-bond donors (Lipinski definition) is 2. The lowest BCUT2D eigenvalue weighted by molar-refractivity contribution is 0.182. The van der Waals surface area contributed by atoms with Gasteiger partial charge in [0.1, 0.15) is 0 Å². The van der Waals surface area contributed by atoms with Crippen LogP contribution in [0.4, 0.5) is 5.95 Å². The third kappa shape index (κ3) is 4.09. The maximum Gasteiger partial charge on any atom is 0.225 e. The molecule has 1 aliphatic rings. The van der Waals surface area contributed by atoms with E-state index in [4.69, 9.17) is 4.74 Å². The summed E-state index contributed by atoms with van der Waals surface area (Å²) in [6.45, 7) is 1.29. The molecule has 160 valence electrons. The molecule has 4 aromatic heterocycles. The van der Waals surface area contributed by atoms with Gasteiger partial charge in [0.25, 0.3) is 0 Å². The molecule has 5 rings (SSSR count). The number of aliphatic hydroxyl groups is 1. The fourth-order valence-electron chi connectivity index (χ4n) is 3.73. The Kier molecular flexibility index (Phi) is 5.26. The van der Waals surface area contributed by atoms with Gasteiger partial charge in [0, 0.05) is 24.9 Å². The van der Waals surface area contributed by atoms with Crippen molar-refractivity contribution < 1.29 is 9.84 Å². The molecule has 2 atom stereocenters. The van der Waals surface area contributed by atoms with E-state index in [0.717, 1.165) is 29.8 Å². The first-order valence-corrected chi connectivity index (χ1v) is 10.2. The largest absolute Gasteiger partial charge is 0.393 e. The third-order valence-corrected chi connectivity index (χ3v) is 5.38. The van der Waals surface area contributed by atoms with Gasteiger partial charge in [-0.05, 0) is 31.4 Å². The Bertz CT molecular complexity index is 1170. The van der Waals surface area contributed by atoms with Crippen molar-refractivity contribution in [1.82, 2.24) is 39.7 Å². The predicted octanol–water partition coefficient (Wildman–Crippen LogP) is 1.44. The summed E-state index contributed by atoms with van der Waals surface area (Å²) in [6, 6.07) is 4.01. The molecule has 31 heavy (non-hydrogen) atoms. The van der Waals surface area contributed by atoms with E-state index in [0.29, 0.717) is 36.7 Å². The summed E-state index contributed by atoms with van der Waals surface area (Å²) >= 11 is 0. The van der Waals surface area contributed by atoms with Crippen LogP contribution in [0.25, 0.3) is 28.1 Å². The smallest absolute Gasteiger partial charge is 0.225 e. The molecule has 0 bridgehead atoms. The van der Waals surface area contributed by atoms with Crippen molar-refractivity contribution in [2.45, 2.75) is 38.0 Å². The molecule has 1 aliphatic carbocycles. The van der Waals surface area contributed by atoms with Crippen LogP contribution >= 0.6 is 0 Å². The number of nitrogens with zero attached hydrogens (tertiary/aromatic N) is 8. The molecule has 2 N–H and O–H groups in total. The van der Waals surface area contributed by atoms with E-state index >= 15 is 0 Å². The van der Waals surface area contributed by atoms with Crippen molar-refractivity contribution in [3.8, 4) is 16.9 Å². The highest BCUT2D eigenvalue weighted by atomic mass is 16.5. The lowest BCUT2D eigenvalue weighted by Gasteiger charge is -2.11. The van der Waals surface area contributed by atoms with Crippen LogP contribution in [0.5, 0.6) is 0 Å². The number of ether oxygens (including phenoxy) is 1. The van der Waals surface area contributed by atoms with Crippen LogP contribution in [0.1, 0.15) is 19.3 Å². The Balaban J connectivity index is 1.37. The van der Waals surface area contributed by atoms with Crippen molar-refractivity contribution in [1.29, 1.82) is 0 Å². The SMILES string of the molecule is COCCn1cc(-c2ccc(-n3nnc4cnc(NC5CC[C@@H](O)C5)nc43)cn2)cn1. The molecule has 1 saturated carbocycles. The minimum absolute atomic E-state index is 0.169. The fraction of sp³-hybridized carbons (Fsp3) is 0.400. The first-order chi connectivity index (χ1) is 15.2. The summed E-state index contributed by atoms with van der Waals surface area (Å²) in [7, 11) is 1.67. The number of aliphatic hydroxyl groups excluding tert-OH is 1. The van der Waals surface area contributed by atoms with Crippen LogP contribution < -0.4 is 5.32 Å². The second kappa shape index (κ2) is 8.36. The van der Waals surface area contributed by atoms with E-state index in [1.807, 2.05) is 23.0 Å². The predicted molar refractivity (Wildman–Crippen MR) is 113 cm³/mol. The third-order valence-electron chi connectivity index (χ3n) is 5.38. The van der Waals surface area contributed by atoms with E-state index in [9.17, 15) is 5.11 Å². The standard InChI is InChI=1S/C20H23N9O2/c1-31-7-6-28-12-13(9-23-28)17-5-3-15(10-21-17)29-19-18(26-27-29)11-22-20(25-19)24-14-2-4-16(30)8-14/h3,5,9-12,14,16,30H,2,4,6-8H2,1H3,(H,22,24,25)/t14?,16-/m1/s1. The molecular formula is C20H23N9O2. The number of methoxy groups -OCH3 is 1. The van der Waals surface area contributed by atoms with Gasteiger partial charge in [-0.2, -0.15) is 14.8 Å². The molecule has 11 nitrogen and oxygen atoms in total. The fourth-order valence-corrected chi connectivity index (χ4v) is 3.73. The summed E-state index contributed by atoms with van der Waals surface area (Å²) in [5.41, 5.74) is 3.68. The summed E-state index contributed by atoms with van der Waals surface area (Å²) < 4.78 is 8.56. The lowest BCUT2D eigenvalue weighted by Crippen LogP contribution is -2.18. The molecule has 0 saturated heterocycles. The van der Waals surface area contributed by atoms with Gasteiger partial charge in [0.05, 0.1) is 49.2 Å². The maximum atomic E-state index is 9.73. The number of nitrogens with one attached hydrogen (secondary N) is 1. The molecule has 0 spiro atoms. The molecule has 1 fully saturated rings. The second-order valence-electron chi connectivity index (χ2n) is 7.60. The van der Waals surface area contributed by atoms with E-state index < -0.39 is 0 Å². The van der Waals surface area contributed by atoms with E-state index in [1.165, 1.54) is 0 Å². The van der Waals surface area contributed by atoms with Gasteiger partial charge < -0.3 is 15.2 Å². The highest BCUT2D eigenvalue weighted by Gasteiger charge is 2.23. The molecule has 11 heteroatoms. The summed E-state index contributed by atoms with van der Waals surface area (Å²) in [4.78, 5) is 13.5. The Morgan fingerprint density at radius 3 is 2.90 bits per heavy atom. The second-order valence-corrected chi connectivity index (χ2v) is 7.60. The highest BCUT2D eigenvalue weighted by Crippen LogP contribution is 2.23. The lowest BCUT2D eigenvalue weighted by atomic mass is 10.2. The van der Waals surface area contributed by atoms with Gasteiger partial charge in [0.15, 0.2) is 11.2 Å². The van der Waals surface area contributed by atoms with E-state index in [-0.39, 0.29) is 12.1 Å². The topological polar surface area (TPSA) is 129 Å². The van der Waals surface area contributed by atoms with Crippen molar-refractivity contribution in [2.75, 3.05) is 19.0 Å². The van der Waals surface area contributed by atoms with Crippen LogP contribution in [0.3, 0.4) is 0 Å². The summed E-state index contributed by atoms with van der Waals surface area (Å²) in [5.74, 6) is 0.503. The van der Waals surface area contributed by atoms with E-state index in [1.54, 1.807) is 30.4 Å². The monoisotopic (exact) mass is 421 g/mol. The van der Waals surface area contributed by atoms with Gasteiger partial charge in [0.2, 0.25) is 5.95 Å². The molecule has 4 heterocycles. The Hall–Kier alpha value is -3.44. The number of fused-ring (bicyclic) bond motifs is 1. The molecule has 0 amide bonds. The molecule has 0 aliphatic heterocycles. The van der Waals surface area contributed by atoms with Gasteiger partial charge in [-0.25, -0.2) is 4.98 Å². The first-order valence-electron chi connectivity index (χ1n) is 10.2. The minimum Gasteiger partial charge on any atom is -0.393 e. The van der Waals surface area contributed by atoms with Crippen LogP contribution in [0.15, 0.2) is 36.9 Å². The Labute approximate surface area is 178 Å². The number of hydrogen-bond acceptors (Lipinski definition) is 9. The van der Waals surface area contributed by atoms with Crippen LogP contribution in [-0.4, -0.2) is 70.7 Å². The highest BCUT2D eigenvalue weighted by molar-refractivity contribution is 5.72. The minimum atomic E-state index is -0.259. The average molecular weight is 421 g/mol. The van der Waals surface area contributed by atoms with Gasteiger partial charge in [-0.15, -0.1) is 5.10 Å². The Morgan fingerprint density at radius 2 is 2.13 bits per heavy atom. The molecule has 1 unspecified atom stereocenters.